The summed E-state index contributed by atoms with van der Waals surface area (Å²) in [6.45, 7) is 0. The number of carbonyl (C=O) groups is 1. The molecule has 0 aliphatic rings. The van der Waals surface area contributed by atoms with Crippen molar-refractivity contribution in [3.63, 3.8) is 0 Å². The summed E-state index contributed by atoms with van der Waals surface area (Å²) in [6, 6.07) is 9.24. The Balaban J connectivity index is 2.05. The van der Waals surface area contributed by atoms with Gasteiger partial charge in [-0.1, -0.05) is 12.1 Å². The molecule has 0 spiro atoms. The number of anilines is 1. The first kappa shape index (κ1) is 17.9. The SMILES string of the molecule is CSCC[C@@H](C(=O)Nc1cccnc1)n1c(=O)[nH]c2ccccc2c1=O. The molecule has 1 atom stereocenters. The molecular weight excluding hydrogens is 352 g/mol. The van der Waals surface area contributed by atoms with Gasteiger partial charge in [-0.25, -0.2) is 9.36 Å². The predicted molar refractivity (Wildman–Crippen MR) is 104 cm³/mol. The van der Waals surface area contributed by atoms with Crippen LogP contribution in [0.25, 0.3) is 10.9 Å². The number of rotatable bonds is 6. The van der Waals surface area contributed by atoms with Gasteiger partial charge in [0.1, 0.15) is 6.04 Å². The number of hydrogen-bond donors (Lipinski definition) is 2. The number of para-hydroxylation sites is 1. The van der Waals surface area contributed by atoms with Gasteiger partial charge < -0.3 is 10.3 Å². The van der Waals surface area contributed by atoms with E-state index in [2.05, 4.69) is 15.3 Å². The van der Waals surface area contributed by atoms with Gasteiger partial charge in [-0.2, -0.15) is 11.8 Å². The summed E-state index contributed by atoms with van der Waals surface area (Å²) in [5.41, 5.74) is -0.107. The van der Waals surface area contributed by atoms with Crippen LogP contribution in [0.5, 0.6) is 0 Å². The highest BCUT2D eigenvalue weighted by Crippen LogP contribution is 2.16. The van der Waals surface area contributed by atoms with Crippen molar-refractivity contribution in [2.45, 2.75) is 12.5 Å². The van der Waals surface area contributed by atoms with Gasteiger partial charge in [0, 0.05) is 6.20 Å². The molecule has 0 aliphatic heterocycles. The maximum Gasteiger partial charge on any atom is 0.329 e. The van der Waals surface area contributed by atoms with E-state index in [0.29, 0.717) is 28.8 Å². The van der Waals surface area contributed by atoms with Gasteiger partial charge in [0.25, 0.3) is 5.56 Å². The normalized spacial score (nSPS) is 12.0. The van der Waals surface area contributed by atoms with Crippen molar-refractivity contribution in [2.75, 3.05) is 17.3 Å². The van der Waals surface area contributed by atoms with Crippen LogP contribution in [0.2, 0.25) is 0 Å². The molecule has 26 heavy (non-hydrogen) atoms. The number of fused-ring (bicyclic) bond motifs is 1. The predicted octanol–water partition coefficient (Wildman–Crippen LogP) is 2.02. The van der Waals surface area contributed by atoms with E-state index in [4.69, 9.17) is 0 Å². The van der Waals surface area contributed by atoms with Crippen molar-refractivity contribution in [3.05, 3.63) is 69.6 Å². The van der Waals surface area contributed by atoms with Crippen LogP contribution in [0, 0.1) is 0 Å². The van der Waals surface area contributed by atoms with Gasteiger partial charge in [0.2, 0.25) is 5.91 Å². The maximum absolute atomic E-state index is 12.9. The van der Waals surface area contributed by atoms with Gasteiger partial charge in [-0.3, -0.25) is 14.6 Å². The minimum absolute atomic E-state index is 0.356. The third kappa shape index (κ3) is 3.70. The summed E-state index contributed by atoms with van der Waals surface area (Å²) in [6.07, 6.45) is 5.37. The number of H-pyrrole nitrogens is 1. The van der Waals surface area contributed by atoms with E-state index in [1.165, 1.54) is 6.20 Å². The maximum atomic E-state index is 12.9. The molecule has 0 unspecified atom stereocenters. The monoisotopic (exact) mass is 370 g/mol. The molecule has 0 radical (unpaired) electrons. The van der Waals surface area contributed by atoms with Gasteiger partial charge in [-0.05, 0) is 42.7 Å². The number of carbonyl (C=O) groups excluding carboxylic acids is 1. The van der Waals surface area contributed by atoms with E-state index in [9.17, 15) is 14.4 Å². The van der Waals surface area contributed by atoms with Crippen molar-refractivity contribution in [2.24, 2.45) is 0 Å². The Hall–Kier alpha value is -2.87. The molecule has 2 aromatic heterocycles. The van der Waals surface area contributed by atoms with Crippen LogP contribution in [0.3, 0.4) is 0 Å². The van der Waals surface area contributed by atoms with Crippen LogP contribution in [0.4, 0.5) is 5.69 Å². The summed E-state index contributed by atoms with van der Waals surface area (Å²) < 4.78 is 1.00. The number of nitrogens with one attached hydrogen (secondary N) is 2. The lowest BCUT2D eigenvalue weighted by Gasteiger charge is -2.18. The molecule has 0 bridgehead atoms. The van der Waals surface area contributed by atoms with Crippen LogP contribution < -0.4 is 16.6 Å². The fraction of sp³-hybridized carbons (Fsp3) is 0.222. The number of aromatic amines is 1. The van der Waals surface area contributed by atoms with Crippen LogP contribution in [0.1, 0.15) is 12.5 Å². The fourth-order valence-corrected chi connectivity index (χ4v) is 3.19. The molecule has 8 heteroatoms. The van der Waals surface area contributed by atoms with E-state index >= 15 is 0 Å². The topological polar surface area (TPSA) is 96.8 Å². The van der Waals surface area contributed by atoms with E-state index in [-0.39, 0.29) is 0 Å². The lowest BCUT2D eigenvalue weighted by molar-refractivity contribution is -0.119. The quantitative estimate of drug-likeness (QED) is 0.692. The van der Waals surface area contributed by atoms with Crippen LogP contribution in [0.15, 0.2) is 58.4 Å². The molecule has 134 valence electrons. The Morgan fingerprint density at radius 3 is 2.81 bits per heavy atom. The summed E-state index contributed by atoms with van der Waals surface area (Å²) in [7, 11) is 0. The molecule has 3 aromatic rings. The molecule has 3 rings (SSSR count). The summed E-state index contributed by atoms with van der Waals surface area (Å²) in [5.74, 6) is 0.207. The Bertz CT molecular complexity index is 1030. The summed E-state index contributed by atoms with van der Waals surface area (Å²) in [4.78, 5) is 44.8. The third-order valence-corrected chi connectivity index (χ3v) is 4.62. The van der Waals surface area contributed by atoms with E-state index < -0.39 is 23.2 Å². The number of hydrogen-bond acceptors (Lipinski definition) is 5. The zero-order chi connectivity index (χ0) is 18.5. The van der Waals surface area contributed by atoms with Crippen LogP contribution in [-0.4, -0.2) is 32.5 Å². The molecule has 1 aromatic carbocycles. The second-order valence-corrected chi connectivity index (χ2v) is 6.66. The first-order valence-corrected chi connectivity index (χ1v) is 9.44. The molecule has 2 heterocycles. The highest BCUT2D eigenvalue weighted by Gasteiger charge is 2.24. The van der Waals surface area contributed by atoms with E-state index in [1.54, 1.807) is 54.4 Å². The second kappa shape index (κ2) is 8.01. The third-order valence-electron chi connectivity index (χ3n) is 3.98. The summed E-state index contributed by atoms with van der Waals surface area (Å²) in [5, 5.41) is 3.10. The summed E-state index contributed by atoms with van der Waals surface area (Å²) >= 11 is 1.54. The van der Waals surface area contributed by atoms with Crippen molar-refractivity contribution < 1.29 is 4.79 Å². The lowest BCUT2D eigenvalue weighted by Crippen LogP contribution is -2.43. The largest absolute Gasteiger partial charge is 0.329 e. The van der Waals surface area contributed by atoms with Gasteiger partial charge in [0.15, 0.2) is 0 Å². The molecule has 0 fully saturated rings. The van der Waals surface area contributed by atoms with Crippen LogP contribution >= 0.6 is 11.8 Å². The molecule has 7 nitrogen and oxygen atoms in total. The Morgan fingerprint density at radius 1 is 1.27 bits per heavy atom. The van der Waals surface area contributed by atoms with Crippen molar-refractivity contribution >= 4 is 34.3 Å². The molecule has 0 saturated carbocycles. The number of nitrogens with zero attached hydrogens (tertiary/aromatic N) is 2. The lowest BCUT2D eigenvalue weighted by atomic mass is 10.1. The number of amides is 1. The highest BCUT2D eigenvalue weighted by atomic mass is 32.2. The number of aromatic nitrogens is 3. The Labute approximate surface area is 153 Å². The second-order valence-electron chi connectivity index (χ2n) is 5.68. The first-order valence-electron chi connectivity index (χ1n) is 8.05. The number of thioether (sulfide) groups is 1. The molecule has 1 amide bonds. The fourth-order valence-electron chi connectivity index (χ4n) is 2.73. The number of benzene rings is 1. The minimum atomic E-state index is -0.913. The zero-order valence-electron chi connectivity index (χ0n) is 14.1. The average molecular weight is 370 g/mol. The average Bonchev–Trinajstić information content (AvgIpc) is 2.65. The van der Waals surface area contributed by atoms with Crippen molar-refractivity contribution in [3.8, 4) is 0 Å². The zero-order valence-corrected chi connectivity index (χ0v) is 15.0. The van der Waals surface area contributed by atoms with Gasteiger partial charge in [0.05, 0.1) is 22.8 Å². The molecule has 0 aliphatic carbocycles. The van der Waals surface area contributed by atoms with Crippen molar-refractivity contribution in [1.29, 1.82) is 0 Å². The number of pyridine rings is 1. The Kier molecular flexibility index (Phi) is 5.52. The Morgan fingerprint density at radius 2 is 2.08 bits per heavy atom. The minimum Gasteiger partial charge on any atom is -0.323 e. The molecular formula is C18H18N4O3S. The van der Waals surface area contributed by atoms with E-state index in [0.717, 1.165) is 4.57 Å². The van der Waals surface area contributed by atoms with E-state index in [1.807, 2.05) is 6.26 Å². The van der Waals surface area contributed by atoms with Gasteiger partial charge >= 0.3 is 5.69 Å². The smallest absolute Gasteiger partial charge is 0.323 e. The van der Waals surface area contributed by atoms with Gasteiger partial charge in [-0.15, -0.1) is 0 Å². The van der Waals surface area contributed by atoms with Crippen molar-refractivity contribution in [1.82, 2.24) is 14.5 Å². The highest BCUT2D eigenvalue weighted by molar-refractivity contribution is 7.98. The molecule has 0 saturated heterocycles. The standard InChI is InChI=1S/C18H18N4O3S/c1-26-10-8-15(16(23)20-12-5-4-9-19-11-12)22-17(24)13-6-2-3-7-14(13)21-18(22)25/h2-7,9,11,15H,8,10H2,1H3,(H,20,23)(H,21,25)/t15-/m0/s1. The van der Waals surface area contributed by atoms with Crippen LogP contribution in [-0.2, 0) is 4.79 Å². The first-order chi connectivity index (χ1) is 12.6. The molecule has 2 N–H and O–H groups in total.